The third kappa shape index (κ3) is 4.49. The summed E-state index contributed by atoms with van der Waals surface area (Å²) in [5, 5.41) is 23.6. The number of H-pyrrole nitrogens is 1. The molecule has 1 aliphatic heterocycles. The zero-order chi connectivity index (χ0) is 20.2. The Kier molecular flexibility index (Phi) is 5.92. The van der Waals surface area contributed by atoms with Crippen molar-refractivity contribution in [3.8, 4) is 5.75 Å². The molecule has 6 heteroatoms. The lowest BCUT2D eigenvalue weighted by Gasteiger charge is -2.29. The fraction of sp³-hybridized carbons (Fsp3) is 0.261. The maximum atomic E-state index is 11.1. The predicted octanol–water partition coefficient (Wildman–Crippen LogP) is 4.51. The highest BCUT2D eigenvalue weighted by Gasteiger charge is 2.22. The number of carbonyl (C=O) groups is 1. The van der Waals surface area contributed by atoms with Gasteiger partial charge in [0.05, 0.1) is 5.56 Å². The monoisotopic (exact) mass is 408 g/mol. The van der Waals surface area contributed by atoms with Gasteiger partial charge in [-0.25, -0.2) is 4.79 Å². The molecule has 0 bridgehead atoms. The van der Waals surface area contributed by atoms with Crippen molar-refractivity contribution in [1.82, 2.24) is 10.3 Å². The van der Waals surface area contributed by atoms with Gasteiger partial charge in [0.15, 0.2) is 0 Å². The van der Waals surface area contributed by atoms with Gasteiger partial charge in [0.2, 0.25) is 0 Å². The minimum atomic E-state index is -0.909. The highest BCUT2D eigenvalue weighted by Crippen LogP contribution is 2.30. The van der Waals surface area contributed by atoms with E-state index >= 15 is 0 Å². The first-order chi connectivity index (χ1) is 14.1. The summed E-state index contributed by atoms with van der Waals surface area (Å²) >= 11 is 1.88. The van der Waals surface area contributed by atoms with Crippen LogP contribution in [-0.2, 0) is 5.75 Å². The van der Waals surface area contributed by atoms with Crippen LogP contribution >= 0.6 is 11.8 Å². The molecule has 1 aromatic heterocycles. The van der Waals surface area contributed by atoms with Gasteiger partial charge in [-0.3, -0.25) is 0 Å². The van der Waals surface area contributed by atoms with Crippen LogP contribution < -0.4 is 5.32 Å². The molecule has 2 atom stereocenters. The molecule has 0 radical (unpaired) electrons. The number of phenolic OH excluding ortho intramolecular Hbond substituents is 1. The first-order valence-electron chi connectivity index (χ1n) is 9.72. The minimum absolute atomic E-state index is 0.263. The van der Waals surface area contributed by atoms with Crippen molar-refractivity contribution in [2.75, 3.05) is 12.3 Å². The summed E-state index contributed by atoms with van der Waals surface area (Å²) in [4.78, 5) is 14.3. The van der Waals surface area contributed by atoms with Crippen molar-refractivity contribution in [3.63, 3.8) is 0 Å². The Morgan fingerprint density at radius 3 is 2.93 bits per heavy atom. The average Bonchev–Trinajstić information content (AvgIpc) is 3.14. The van der Waals surface area contributed by atoms with E-state index in [4.69, 9.17) is 5.11 Å². The van der Waals surface area contributed by atoms with Gasteiger partial charge in [0.25, 0.3) is 0 Å². The summed E-state index contributed by atoms with van der Waals surface area (Å²) in [6.45, 7) is 0.874. The highest BCUT2D eigenvalue weighted by atomic mass is 32.2. The number of aromatic nitrogens is 1. The summed E-state index contributed by atoms with van der Waals surface area (Å²) in [5.74, 6) is 1.55. The lowest BCUT2D eigenvalue weighted by atomic mass is 9.87. The first kappa shape index (κ1) is 19.6. The number of hydrogen-bond acceptors (Lipinski definition) is 4. The second-order valence-corrected chi connectivity index (χ2v) is 8.39. The van der Waals surface area contributed by atoms with Gasteiger partial charge in [-0.2, -0.15) is 11.8 Å². The van der Waals surface area contributed by atoms with E-state index in [0.29, 0.717) is 17.4 Å². The Bertz CT molecular complexity index is 1040. The van der Waals surface area contributed by atoms with Crippen LogP contribution in [0.15, 0.2) is 60.8 Å². The summed E-state index contributed by atoms with van der Waals surface area (Å²) in [6, 6.07) is 13.1. The maximum absolute atomic E-state index is 11.1. The Balaban J connectivity index is 1.36. The standard InChI is InChI=1S/C23H24N2O3S/c26-18-4-1-3-15(11-18)19-5-2-9-24-21(19)8-10-29-14-17-13-25-22-12-16(23(27)28)6-7-20(17)22/h1-7,11-13,19,21,24-26H,8-10,14H2,(H,27,28). The van der Waals surface area contributed by atoms with E-state index in [1.807, 2.05) is 36.2 Å². The SMILES string of the molecule is O=C(O)c1ccc2c(CSCCC3NCC=CC3c3cccc(O)c3)c[nH]c2c1. The molecule has 0 fully saturated rings. The van der Waals surface area contributed by atoms with Gasteiger partial charge in [-0.15, -0.1) is 0 Å². The number of hydrogen-bond donors (Lipinski definition) is 4. The second-order valence-electron chi connectivity index (χ2n) is 7.28. The zero-order valence-electron chi connectivity index (χ0n) is 16.0. The molecule has 2 unspecified atom stereocenters. The van der Waals surface area contributed by atoms with E-state index in [1.165, 1.54) is 5.56 Å². The number of fused-ring (bicyclic) bond motifs is 1. The van der Waals surface area contributed by atoms with Crippen molar-refractivity contribution < 1.29 is 15.0 Å². The molecular formula is C23H24N2O3S. The number of aromatic hydroxyl groups is 1. The van der Waals surface area contributed by atoms with E-state index in [9.17, 15) is 9.90 Å². The van der Waals surface area contributed by atoms with Crippen molar-refractivity contribution in [3.05, 3.63) is 77.5 Å². The Morgan fingerprint density at radius 2 is 2.10 bits per heavy atom. The van der Waals surface area contributed by atoms with Crippen LogP contribution in [-0.4, -0.2) is 39.5 Å². The van der Waals surface area contributed by atoms with Gasteiger partial charge in [0, 0.05) is 41.4 Å². The summed E-state index contributed by atoms with van der Waals surface area (Å²) in [5.41, 5.74) is 3.49. The number of carboxylic acid groups (broad SMARTS) is 1. The molecule has 0 amide bonds. The molecule has 29 heavy (non-hydrogen) atoms. The summed E-state index contributed by atoms with van der Waals surface area (Å²) < 4.78 is 0. The van der Waals surface area contributed by atoms with Gasteiger partial charge < -0.3 is 20.5 Å². The van der Waals surface area contributed by atoms with Crippen LogP contribution in [0.5, 0.6) is 5.75 Å². The van der Waals surface area contributed by atoms with Crippen LogP contribution in [0.25, 0.3) is 10.9 Å². The Morgan fingerprint density at radius 1 is 1.21 bits per heavy atom. The summed E-state index contributed by atoms with van der Waals surface area (Å²) in [6.07, 6.45) is 7.39. The van der Waals surface area contributed by atoms with Crippen molar-refractivity contribution in [2.45, 2.75) is 24.1 Å². The lowest BCUT2D eigenvalue weighted by molar-refractivity contribution is 0.0697. The zero-order valence-corrected chi connectivity index (χ0v) is 16.8. The van der Waals surface area contributed by atoms with E-state index in [-0.39, 0.29) is 5.92 Å². The van der Waals surface area contributed by atoms with E-state index in [1.54, 1.807) is 18.2 Å². The highest BCUT2D eigenvalue weighted by molar-refractivity contribution is 7.98. The normalized spacial score (nSPS) is 18.9. The molecule has 150 valence electrons. The molecular weight excluding hydrogens is 384 g/mol. The van der Waals surface area contributed by atoms with E-state index < -0.39 is 5.97 Å². The number of aromatic carboxylic acids is 1. The van der Waals surface area contributed by atoms with Crippen LogP contribution in [0, 0.1) is 0 Å². The maximum Gasteiger partial charge on any atom is 0.335 e. The molecule has 5 nitrogen and oxygen atoms in total. The Hall–Kier alpha value is -2.70. The molecule has 0 saturated carbocycles. The van der Waals surface area contributed by atoms with Crippen LogP contribution in [0.1, 0.15) is 33.8 Å². The minimum Gasteiger partial charge on any atom is -0.508 e. The number of carboxylic acids is 1. The molecule has 0 spiro atoms. The topological polar surface area (TPSA) is 85.3 Å². The number of phenols is 1. The number of aromatic amines is 1. The van der Waals surface area contributed by atoms with E-state index in [2.05, 4.69) is 28.5 Å². The second kappa shape index (κ2) is 8.76. The number of nitrogens with one attached hydrogen (secondary N) is 2. The molecule has 1 aliphatic rings. The molecule has 0 aliphatic carbocycles. The Labute approximate surface area is 173 Å². The van der Waals surface area contributed by atoms with Gasteiger partial charge in [0.1, 0.15) is 5.75 Å². The summed E-state index contributed by atoms with van der Waals surface area (Å²) in [7, 11) is 0. The molecule has 2 aromatic carbocycles. The molecule has 2 heterocycles. The van der Waals surface area contributed by atoms with Crippen molar-refractivity contribution in [1.29, 1.82) is 0 Å². The fourth-order valence-corrected chi connectivity index (χ4v) is 4.91. The molecule has 4 N–H and O–H groups in total. The lowest BCUT2D eigenvalue weighted by Crippen LogP contribution is -2.37. The molecule has 4 rings (SSSR count). The van der Waals surface area contributed by atoms with Crippen molar-refractivity contribution >= 4 is 28.6 Å². The number of thioether (sulfide) groups is 1. The fourth-order valence-electron chi connectivity index (χ4n) is 3.88. The molecule has 0 saturated heterocycles. The van der Waals surface area contributed by atoms with E-state index in [0.717, 1.165) is 40.9 Å². The third-order valence-electron chi connectivity index (χ3n) is 5.38. The van der Waals surface area contributed by atoms with Gasteiger partial charge in [-0.05, 0) is 47.6 Å². The molecule has 3 aromatic rings. The number of rotatable bonds is 7. The van der Waals surface area contributed by atoms with Crippen molar-refractivity contribution in [2.24, 2.45) is 0 Å². The number of benzene rings is 2. The van der Waals surface area contributed by atoms with Crippen LogP contribution in [0.3, 0.4) is 0 Å². The van der Waals surface area contributed by atoms with Crippen LogP contribution in [0.2, 0.25) is 0 Å². The largest absolute Gasteiger partial charge is 0.508 e. The first-order valence-corrected chi connectivity index (χ1v) is 10.9. The van der Waals surface area contributed by atoms with Crippen LogP contribution in [0.4, 0.5) is 0 Å². The van der Waals surface area contributed by atoms with Gasteiger partial charge in [-0.1, -0.05) is 30.4 Å². The quantitative estimate of drug-likeness (QED) is 0.341. The average molecular weight is 409 g/mol. The predicted molar refractivity (Wildman–Crippen MR) is 118 cm³/mol. The smallest absolute Gasteiger partial charge is 0.335 e. The van der Waals surface area contributed by atoms with Gasteiger partial charge >= 0.3 is 5.97 Å². The third-order valence-corrected chi connectivity index (χ3v) is 6.41.